The molecule has 2 rings (SSSR count). The topological polar surface area (TPSA) is 52.9 Å². The van der Waals surface area contributed by atoms with Crippen LogP contribution in [0.1, 0.15) is 16.7 Å². The molecule has 0 aliphatic carbocycles. The van der Waals surface area contributed by atoms with E-state index in [1.54, 1.807) is 24.3 Å². The third-order valence-electron chi connectivity index (χ3n) is 3.29. The highest BCUT2D eigenvalue weighted by molar-refractivity contribution is 6.40. The van der Waals surface area contributed by atoms with E-state index in [4.69, 9.17) is 23.2 Å². The first-order valence-electron chi connectivity index (χ1n) is 6.87. The van der Waals surface area contributed by atoms with Gasteiger partial charge in [0.15, 0.2) is 0 Å². The van der Waals surface area contributed by atoms with Crippen molar-refractivity contribution in [2.75, 3.05) is 5.32 Å². The first-order chi connectivity index (χ1) is 10.9. The standard InChI is InChI=1S/C18H14Cl2N2O/c1-11-6-7-13(12(2)8-11)9-14(10-21)18(23)22-17-15(19)4-3-5-16(17)20/h3-9H,1-2H3,(H,22,23)/b14-9+. The molecule has 1 amide bonds. The zero-order valence-electron chi connectivity index (χ0n) is 12.7. The summed E-state index contributed by atoms with van der Waals surface area (Å²) in [6.45, 7) is 3.91. The Morgan fingerprint density at radius 1 is 1.17 bits per heavy atom. The number of halogens is 2. The number of hydrogen-bond acceptors (Lipinski definition) is 2. The average Bonchev–Trinajstić information content (AvgIpc) is 2.50. The van der Waals surface area contributed by atoms with Gasteiger partial charge in [-0.3, -0.25) is 4.79 Å². The molecule has 0 atom stereocenters. The minimum atomic E-state index is -0.553. The molecule has 0 fully saturated rings. The molecule has 2 aromatic carbocycles. The fourth-order valence-corrected chi connectivity index (χ4v) is 2.58. The molecule has 1 N–H and O–H groups in total. The SMILES string of the molecule is Cc1ccc(/C=C(\C#N)C(=O)Nc2c(Cl)cccc2Cl)c(C)c1. The van der Waals surface area contributed by atoms with E-state index in [1.165, 1.54) is 0 Å². The molecule has 0 bridgehead atoms. The molecule has 0 saturated heterocycles. The van der Waals surface area contributed by atoms with Gasteiger partial charge < -0.3 is 5.32 Å². The highest BCUT2D eigenvalue weighted by Crippen LogP contribution is 2.30. The number of hydrogen-bond donors (Lipinski definition) is 1. The quantitative estimate of drug-likeness (QED) is 0.617. The molecule has 0 saturated carbocycles. The Bertz CT molecular complexity index is 815. The van der Waals surface area contributed by atoms with Crippen LogP contribution in [0.4, 0.5) is 5.69 Å². The molecule has 5 heteroatoms. The van der Waals surface area contributed by atoms with E-state index in [0.717, 1.165) is 16.7 Å². The predicted molar refractivity (Wildman–Crippen MR) is 94.6 cm³/mol. The zero-order valence-corrected chi connectivity index (χ0v) is 14.2. The molecular weight excluding hydrogens is 331 g/mol. The maximum atomic E-state index is 12.3. The molecule has 0 heterocycles. The van der Waals surface area contributed by atoms with E-state index >= 15 is 0 Å². The van der Waals surface area contributed by atoms with Crippen LogP contribution in [-0.4, -0.2) is 5.91 Å². The number of anilines is 1. The lowest BCUT2D eigenvalue weighted by atomic mass is 10.0. The molecule has 0 unspecified atom stereocenters. The van der Waals surface area contributed by atoms with Crippen LogP contribution in [0.2, 0.25) is 10.0 Å². The number of amides is 1. The highest BCUT2D eigenvalue weighted by atomic mass is 35.5. The maximum absolute atomic E-state index is 12.3. The summed E-state index contributed by atoms with van der Waals surface area (Å²) in [6.07, 6.45) is 1.55. The van der Waals surface area contributed by atoms with Gasteiger partial charge in [0.1, 0.15) is 11.6 Å². The van der Waals surface area contributed by atoms with E-state index in [0.29, 0.717) is 15.7 Å². The number of carbonyl (C=O) groups is 1. The number of nitrogens with one attached hydrogen (secondary N) is 1. The predicted octanol–water partition coefficient (Wildman–Crippen LogP) is 5.16. The second-order valence-corrected chi connectivity index (χ2v) is 5.90. The maximum Gasteiger partial charge on any atom is 0.266 e. The molecule has 0 aromatic heterocycles. The Morgan fingerprint density at radius 3 is 2.39 bits per heavy atom. The van der Waals surface area contributed by atoms with Crippen LogP contribution in [0.25, 0.3) is 6.08 Å². The summed E-state index contributed by atoms with van der Waals surface area (Å²) in [6, 6.07) is 12.6. The van der Waals surface area contributed by atoms with Crippen molar-refractivity contribution in [3.05, 3.63) is 68.7 Å². The number of aryl methyl sites for hydroxylation is 2. The molecule has 23 heavy (non-hydrogen) atoms. The smallest absolute Gasteiger partial charge is 0.266 e. The molecule has 0 aliphatic heterocycles. The first kappa shape index (κ1) is 17.1. The van der Waals surface area contributed by atoms with Crippen molar-refractivity contribution in [1.82, 2.24) is 0 Å². The van der Waals surface area contributed by atoms with Crippen molar-refractivity contribution < 1.29 is 4.79 Å². The van der Waals surface area contributed by atoms with Gasteiger partial charge in [-0.1, -0.05) is 53.0 Å². The van der Waals surface area contributed by atoms with Crippen molar-refractivity contribution in [2.45, 2.75) is 13.8 Å². The van der Waals surface area contributed by atoms with Crippen LogP contribution >= 0.6 is 23.2 Å². The van der Waals surface area contributed by atoms with Crippen molar-refractivity contribution in [1.29, 1.82) is 5.26 Å². The third kappa shape index (κ3) is 4.13. The zero-order chi connectivity index (χ0) is 17.0. The van der Waals surface area contributed by atoms with Crippen LogP contribution in [0.3, 0.4) is 0 Å². The number of rotatable bonds is 3. The van der Waals surface area contributed by atoms with E-state index in [1.807, 2.05) is 38.1 Å². The van der Waals surface area contributed by atoms with Gasteiger partial charge in [-0.05, 0) is 43.2 Å². The van der Waals surface area contributed by atoms with Gasteiger partial charge in [-0.25, -0.2) is 0 Å². The van der Waals surface area contributed by atoms with E-state index in [2.05, 4.69) is 5.32 Å². The number of nitrogens with zero attached hydrogens (tertiary/aromatic N) is 1. The van der Waals surface area contributed by atoms with Crippen LogP contribution in [0.15, 0.2) is 42.0 Å². The molecule has 0 spiro atoms. The van der Waals surface area contributed by atoms with Gasteiger partial charge in [0.05, 0.1) is 15.7 Å². The normalized spacial score (nSPS) is 11.0. The van der Waals surface area contributed by atoms with Crippen LogP contribution in [0.5, 0.6) is 0 Å². The fourth-order valence-electron chi connectivity index (χ4n) is 2.09. The lowest BCUT2D eigenvalue weighted by molar-refractivity contribution is -0.112. The summed E-state index contributed by atoms with van der Waals surface area (Å²) in [5.74, 6) is -0.553. The number of carbonyl (C=O) groups excluding carboxylic acids is 1. The minimum absolute atomic E-state index is 0.0204. The Balaban J connectivity index is 2.32. The van der Waals surface area contributed by atoms with E-state index < -0.39 is 5.91 Å². The highest BCUT2D eigenvalue weighted by Gasteiger charge is 2.14. The molecular formula is C18H14Cl2N2O. The van der Waals surface area contributed by atoms with Crippen molar-refractivity contribution in [3.63, 3.8) is 0 Å². The van der Waals surface area contributed by atoms with Gasteiger partial charge in [-0.2, -0.15) is 5.26 Å². The number of benzene rings is 2. The van der Waals surface area contributed by atoms with Crippen LogP contribution in [0, 0.1) is 25.2 Å². The van der Waals surface area contributed by atoms with Crippen molar-refractivity contribution in [3.8, 4) is 6.07 Å². The van der Waals surface area contributed by atoms with Gasteiger partial charge in [0.25, 0.3) is 5.91 Å². The van der Waals surface area contributed by atoms with Gasteiger partial charge >= 0.3 is 0 Å². The third-order valence-corrected chi connectivity index (χ3v) is 3.92. The van der Waals surface area contributed by atoms with Crippen molar-refractivity contribution in [2.24, 2.45) is 0 Å². The lowest BCUT2D eigenvalue weighted by Gasteiger charge is -2.09. The summed E-state index contributed by atoms with van der Waals surface area (Å²) in [5, 5.41) is 12.5. The average molecular weight is 345 g/mol. The second-order valence-electron chi connectivity index (χ2n) is 5.08. The van der Waals surface area contributed by atoms with E-state index in [9.17, 15) is 10.1 Å². The summed E-state index contributed by atoms with van der Waals surface area (Å²) in [7, 11) is 0. The largest absolute Gasteiger partial charge is 0.319 e. The minimum Gasteiger partial charge on any atom is -0.319 e. The van der Waals surface area contributed by atoms with Crippen LogP contribution in [-0.2, 0) is 4.79 Å². The summed E-state index contributed by atoms with van der Waals surface area (Å²) in [4.78, 5) is 12.3. The Kier molecular flexibility index (Phi) is 5.44. The van der Waals surface area contributed by atoms with Gasteiger partial charge in [0, 0.05) is 0 Å². The molecule has 2 aromatic rings. The van der Waals surface area contributed by atoms with Crippen LogP contribution < -0.4 is 5.32 Å². The lowest BCUT2D eigenvalue weighted by Crippen LogP contribution is -2.14. The monoisotopic (exact) mass is 344 g/mol. The van der Waals surface area contributed by atoms with E-state index in [-0.39, 0.29) is 5.57 Å². The number of nitriles is 1. The molecule has 0 radical (unpaired) electrons. The van der Waals surface area contributed by atoms with Crippen molar-refractivity contribution >= 4 is 40.9 Å². The van der Waals surface area contributed by atoms with Gasteiger partial charge in [-0.15, -0.1) is 0 Å². The summed E-state index contributed by atoms with van der Waals surface area (Å²) < 4.78 is 0. The van der Waals surface area contributed by atoms with Gasteiger partial charge in [0.2, 0.25) is 0 Å². The summed E-state index contributed by atoms with van der Waals surface area (Å²) in [5.41, 5.74) is 3.19. The summed E-state index contributed by atoms with van der Waals surface area (Å²) >= 11 is 12.0. The number of para-hydroxylation sites is 1. The Morgan fingerprint density at radius 2 is 1.83 bits per heavy atom. The molecule has 0 aliphatic rings. The fraction of sp³-hybridized carbons (Fsp3) is 0.111. The molecule has 3 nitrogen and oxygen atoms in total. The first-order valence-corrected chi connectivity index (χ1v) is 7.62. The molecule has 116 valence electrons. The Hall–Kier alpha value is -2.28. The second kappa shape index (κ2) is 7.32. The Labute approximate surface area is 145 Å².